The standard InChI is InChI=1S/C12H13N3O2.C4H9N.C4H10N.Ta/c16-9-7-8(13-1-2-13)12(17)11(15-5-6-15)10(9)14-3-4-14;1-4(2,3)5;1-3-5-4-2;/h7H,1-6H2;1-3H3;3-4H2,1-2H3;/q;;-1;+1. The maximum absolute atomic E-state index is 12.4. The molecule has 0 aromatic carbocycles. The molecule has 0 unspecified atom stereocenters. The molecule has 0 aromatic rings. The van der Waals surface area contributed by atoms with Crippen molar-refractivity contribution in [3.63, 3.8) is 0 Å². The molecule has 0 radical (unpaired) electrons. The van der Waals surface area contributed by atoms with Gasteiger partial charge in [0.2, 0.25) is 11.6 Å². The molecule has 0 N–H and O–H groups in total. The molecule has 0 aromatic heterocycles. The van der Waals surface area contributed by atoms with Crippen LogP contribution in [0.15, 0.2) is 26.5 Å². The summed E-state index contributed by atoms with van der Waals surface area (Å²) in [4.78, 5) is 30.5. The van der Waals surface area contributed by atoms with E-state index in [-0.39, 0.29) is 17.1 Å². The number of ketones is 2. The third-order valence-corrected chi connectivity index (χ3v) is 10.1. The van der Waals surface area contributed by atoms with Crippen molar-refractivity contribution in [3.8, 4) is 0 Å². The van der Waals surface area contributed by atoms with Crippen LogP contribution in [0.25, 0.3) is 0 Å². The van der Waals surface area contributed by atoms with E-state index in [0.29, 0.717) is 17.1 Å². The van der Waals surface area contributed by atoms with Crippen LogP contribution in [0.5, 0.6) is 0 Å². The minimum atomic E-state index is -0.678. The Hall–Kier alpha value is -1.28. The molecule has 4 rings (SSSR count). The summed E-state index contributed by atoms with van der Waals surface area (Å²) in [5.74, 6) is 0.0485. The van der Waals surface area contributed by atoms with Gasteiger partial charge in [-0.1, -0.05) is 0 Å². The van der Waals surface area contributed by atoms with Gasteiger partial charge >= 0.3 is 79.7 Å². The molecule has 0 saturated carbocycles. The minimum Gasteiger partial charge on any atom is -0.365 e. The van der Waals surface area contributed by atoms with Gasteiger partial charge < -0.3 is 14.7 Å². The first kappa shape index (κ1) is 21.4. The summed E-state index contributed by atoms with van der Waals surface area (Å²) in [6.45, 7) is 18.7. The molecule has 3 saturated heterocycles. The van der Waals surface area contributed by atoms with Crippen LogP contribution in [0.3, 0.4) is 0 Å². The van der Waals surface area contributed by atoms with Gasteiger partial charge in [-0.05, 0) is 0 Å². The van der Waals surface area contributed by atoms with Crippen LogP contribution >= 0.6 is 0 Å². The Balaban J connectivity index is 0.000000180. The maximum atomic E-state index is 12.4. The quantitative estimate of drug-likeness (QED) is 0.366. The van der Waals surface area contributed by atoms with E-state index in [2.05, 4.69) is 37.9 Å². The first-order valence-electron chi connectivity index (χ1n) is 10.2. The number of hydrogen-bond donors (Lipinski definition) is 0. The SMILES string of the molecule is CC[N](CC)/[Ta]=[N]/C(C)(C)C.O=C1C=C(N2CC2)C(=O)C(N2CC2)=C1N1CC1. The molecule has 0 bridgehead atoms. The molecule has 8 heteroatoms. The summed E-state index contributed by atoms with van der Waals surface area (Å²) in [6, 6.07) is 0. The number of carbonyl (C=O) groups is 2. The average Bonchev–Trinajstić information content (AvgIpc) is 3.48. The summed E-state index contributed by atoms with van der Waals surface area (Å²) in [6.07, 6.45) is 1.52. The van der Waals surface area contributed by atoms with Crippen molar-refractivity contribution in [3.05, 3.63) is 23.2 Å². The van der Waals surface area contributed by atoms with E-state index in [9.17, 15) is 9.59 Å². The van der Waals surface area contributed by atoms with Crippen LogP contribution in [0.1, 0.15) is 34.6 Å². The van der Waals surface area contributed by atoms with E-state index in [1.165, 1.54) is 19.2 Å². The molecule has 4 aliphatic rings. The number of rotatable bonds is 6. The van der Waals surface area contributed by atoms with Crippen LogP contribution < -0.4 is 0 Å². The number of nitrogens with zero attached hydrogens (tertiary/aromatic N) is 5. The minimum absolute atomic E-state index is 0.00546. The Morgan fingerprint density at radius 2 is 1.43 bits per heavy atom. The smallest absolute Gasteiger partial charge is 0.227 e. The van der Waals surface area contributed by atoms with Gasteiger partial charge in [-0.3, -0.25) is 9.59 Å². The van der Waals surface area contributed by atoms with E-state index < -0.39 is 19.8 Å². The normalized spacial score (nSPS) is 21.4. The molecule has 0 amide bonds. The largest absolute Gasteiger partial charge is 0.365 e. The molecule has 3 heterocycles. The van der Waals surface area contributed by atoms with E-state index in [4.69, 9.17) is 3.34 Å². The molecule has 0 atom stereocenters. The third-order valence-electron chi connectivity index (χ3n) is 4.69. The molecular weight excluding hydrogens is 523 g/mol. The van der Waals surface area contributed by atoms with E-state index >= 15 is 0 Å². The first-order valence-corrected chi connectivity index (χ1v) is 13.1. The van der Waals surface area contributed by atoms with Gasteiger partial charge in [0, 0.05) is 45.3 Å². The van der Waals surface area contributed by atoms with Gasteiger partial charge in [0.25, 0.3) is 0 Å². The molecule has 3 fully saturated rings. The predicted octanol–water partition coefficient (Wildman–Crippen LogP) is 1.49. The van der Waals surface area contributed by atoms with Crippen molar-refractivity contribution in [1.82, 2.24) is 18.0 Å². The predicted molar refractivity (Wildman–Crippen MR) is 105 cm³/mol. The summed E-state index contributed by atoms with van der Waals surface area (Å²) in [7, 11) is 0. The van der Waals surface area contributed by atoms with Crippen molar-refractivity contribution in [2.45, 2.75) is 40.2 Å². The molecule has 1 aliphatic carbocycles. The Labute approximate surface area is 177 Å². The van der Waals surface area contributed by atoms with E-state index in [1.54, 1.807) is 0 Å². The van der Waals surface area contributed by atoms with Crippen molar-refractivity contribution in [1.29, 1.82) is 0 Å². The Morgan fingerprint density at radius 1 is 0.929 bits per heavy atom. The molecular formula is C20H32N5O2Ta. The second kappa shape index (κ2) is 8.61. The van der Waals surface area contributed by atoms with Gasteiger partial charge in [0.15, 0.2) is 0 Å². The maximum Gasteiger partial charge on any atom is 0.227 e. The molecule has 28 heavy (non-hydrogen) atoms. The molecule has 7 nitrogen and oxygen atoms in total. The van der Waals surface area contributed by atoms with Crippen molar-refractivity contribution in [2.24, 2.45) is 3.34 Å². The van der Waals surface area contributed by atoms with Gasteiger partial charge in [-0.2, -0.15) is 0 Å². The summed E-state index contributed by atoms with van der Waals surface area (Å²) < 4.78 is 7.20. The topological polar surface area (TPSA) is 58.8 Å². The zero-order valence-electron chi connectivity index (χ0n) is 17.7. The zero-order chi connectivity index (χ0) is 20.5. The summed E-state index contributed by atoms with van der Waals surface area (Å²) in [5, 5.41) is 0. The number of allylic oxidation sites excluding steroid dienone is 1. The Kier molecular flexibility index (Phi) is 6.59. The molecule has 3 aliphatic heterocycles. The fourth-order valence-electron chi connectivity index (χ4n) is 2.82. The zero-order valence-corrected chi connectivity index (χ0v) is 20.9. The van der Waals surface area contributed by atoms with E-state index in [1.807, 2.05) is 14.7 Å². The van der Waals surface area contributed by atoms with Crippen molar-refractivity contribution < 1.29 is 29.4 Å². The second-order valence-corrected chi connectivity index (χ2v) is 11.8. The van der Waals surface area contributed by atoms with Gasteiger partial charge in [0.1, 0.15) is 11.4 Å². The van der Waals surface area contributed by atoms with Crippen LogP contribution in [0.2, 0.25) is 0 Å². The Bertz CT molecular complexity index is 721. The second-order valence-electron chi connectivity index (χ2n) is 8.38. The third kappa shape index (κ3) is 5.63. The van der Waals surface area contributed by atoms with Crippen LogP contribution in [0, 0.1) is 0 Å². The average molecular weight is 555 g/mol. The summed E-state index contributed by atoms with van der Waals surface area (Å²) in [5.41, 5.74) is 2.08. The van der Waals surface area contributed by atoms with Crippen molar-refractivity contribution >= 4 is 11.6 Å². The fourth-order valence-corrected chi connectivity index (χ4v) is 5.15. The molecule has 154 valence electrons. The number of hydrogen-bond acceptors (Lipinski definition) is 6. The van der Waals surface area contributed by atoms with Gasteiger partial charge in [-0.15, -0.1) is 0 Å². The summed E-state index contributed by atoms with van der Waals surface area (Å²) >= 11 is -0.678. The van der Waals surface area contributed by atoms with Crippen LogP contribution in [-0.2, 0) is 29.4 Å². The number of Topliss-reactive ketones (excluding diaryl/α,β-unsaturated/α-hetero) is 1. The van der Waals surface area contributed by atoms with Gasteiger partial charge in [0.05, 0.1) is 5.70 Å². The Morgan fingerprint density at radius 3 is 1.86 bits per heavy atom. The fraction of sp³-hybridized carbons (Fsp3) is 0.700. The molecule has 0 spiro atoms. The monoisotopic (exact) mass is 555 g/mol. The first-order chi connectivity index (χ1) is 13.2. The van der Waals surface area contributed by atoms with Gasteiger partial charge in [-0.25, -0.2) is 0 Å². The number of carbonyl (C=O) groups excluding carboxylic acids is 2. The van der Waals surface area contributed by atoms with Crippen molar-refractivity contribution in [2.75, 3.05) is 52.4 Å². The van der Waals surface area contributed by atoms with Crippen LogP contribution in [0.4, 0.5) is 0 Å². The van der Waals surface area contributed by atoms with Crippen LogP contribution in [-0.4, -0.2) is 87.5 Å². The van der Waals surface area contributed by atoms with E-state index in [0.717, 1.165) is 39.3 Å².